The molecule has 0 spiro atoms. The van der Waals surface area contributed by atoms with E-state index in [2.05, 4.69) is 4.98 Å². The molecule has 9 heteroatoms. The van der Waals surface area contributed by atoms with Gasteiger partial charge in [-0.2, -0.15) is 0 Å². The smallest absolute Gasteiger partial charge is 0.270 e. The third-order valence-electron chi connectivity index (χ3n) is 3.91. The van der Waals surface area contributed by atoms with Crippen molar-refractivity contribution < 1.29 is 9.72 Å². The molecule has 0 aliphatic heterocycles. The molecule has 0 aliphatic carbocycles. The molecule has 0 atom stereocenters. The topological polar surface area (TPSA) is 79.6 Å². The van der Waals surface area contributed by atoms with Crippen LogP contribution in [0, 0.1) is 10.1 Å². The lowest BCUT2D eigenvalue weighted by Gasteiger charge is -2.22. The molecule has 3 rings (SSSR count). The maximum absolute atomic E-state index is 13.1. The summed E-state index contributed by atoms with van der Waals surface area (Å²) in [7, 11) is 3.82. The molecule has 0 aliphatic rings. The molecule has 0 bridgehead atoms. The van der Waals surface area contributed by atoms with Gasteiger partial charge < -0.3 is 4.90 Å². The number of hydrogen-bond acceptors (Lipinski definition) is 6. The minimum Gasteiger partial charge on any atom is -0.308 e. The number of rotatable bonds is 6. The number of nitrogens with zero attached hydrogens (tertiary/aromatic N) is 4. The fraction of sp³-hybridized carbons (Fsp3) is 0.222. The normalized spacial score (nSPS) is 11.1. The van der Waals surface area contributed by atoms with Crippen LogP contribution in [-0.4, -0.2) is 47.9 Å². The summed E-state index contributed by atoms with van der Waals surface area (Å²) in [5, 5.41) is 12.1. The molecule has 1 aromatic heterocycles. The fourth-order valence-electron chi connectivity index (χ4n) is 2.51. The van der Waals surface area contributed by atoms with Crippen LogP contribution in [0.25, 0.3) is 10.2 Å². The van der Waals surface area contributed by atoms with Crippen molar-refractivity contribution in [2.45, 2.75) is 0 Å². The van der Waals surface area contributed by atoms with Crippen LogP contribution < -0.4 is 4.90 Å². The molecular weight excluding hydrogens is 388 g/mol. The lowest BCUT2D eigenvalue weighted by Crippen LogP contribution is -2.36. The standard InChI is InChI=1S/C18H17ClN4O3S/c1-21(2)9-10-22(17(24)12-5-3-6-13(11-12)23(25)26)18-20-16-14(19)7-4-8-15(16)27-18/h3-8,11H,9-10H2,1-2H3. The molecule has 7 nitrogen and oxygen atoms in total. The van der Waals surface area contributed by atoms with Gasteiger partial charge in [0.15, 0.2) is 5.13 Å². The van der Waals surface area contributed by atoms with E-state index in [1.54, 1.807) is 17.0 Å². The van der Waals surface area contributed by atoms with Gasteiger partial charge in [-0.1, -0.05) is 35.1 Å². The maximum Gasteiger partial charge on any atom is 0.270 e. The number of amides is 1. The van der Waals surface area contributed by atoms with E-state index in [4.69, 9.17) is 11.6 Å². The first-order valence-corrected chi connectivity index (χ1v) is 9.32. The summed E-state index contributed by atoms with van der Waals surface area (Å²) in [5.74, 6) is -0.337. The summed E-state index contributed by atoms with van der Waals surface area (Å²) in [4.78, 5) is 31.7. The first-order chi connectivity index (χ1) is 12.9. The number of hydrogen-bond donors (Lipinski definition) is 0. The molecule has 0 saturated heterocycles. The van der Waals surface area contributed by atoms with Gasteiger partial charge in [0.2, 0.25) is 0 Å². The molecule has 0 fully saturated rings. The van der Waals surface area contributed by atoms with Crippen molar-refractivity contribution >= 4 is 49.9 Å². The van der Waals surface area contributed by atoms with Crippen molar-refractivity contribution in [3.8, 4) is 0 Å². The number of carbonyl (C=O) groups is 1. The van der Waals surface area contributed by atoms with Gasteiger partial charge in [-0.25, -0.2) is 4.98 Å². The number of carbonyl (C=O) groups excluding carboxylic acids is 1. The molecular formula is C18H17ClN4O3S. The molecule has 27 heavy (non-hydrogen) atoms. The number of anilines is 1. The molecule has 3 aromatic rings. The second kappa shape index (κ2) is 7.99. The molecule has 0 radical (unpaired) electrons. The van der Waals surface area contributed by atoms with Crippen molar-refractivity contribution in [3.05, 3.63) is 63.2 Å². The van der Waals surface area contributed by atoms with E-state index in [-0.39, 0.29) is 17.2 Å². The Bertz CT molecular complexity index is 1010. The van der Waals surface area contributed by atoms with Gasteiger partial charge in [0.25, 0.3) is 11.6 Å². The third kappa shape index (κ3) is 4.24. The largest absolute Gasteiger partial charge is 0.308 e. The average molecular weight is 405 g/mol. The average Bonchev–Trinajstić information content (AvgIpc) is 3.07. The number of thiazole rings is 1. The minimum absolute atomic E-state index is 0.124. The number of likely N-dealkylation sites (N-methyl/N-ethyl adjacent to an activating group) is 1. The van der Waals surface area contributed by atoms with E-state index >= 15 is 0 Å². The number of para-hydroxylation sites is 1. The van der Waals surface area contributed by atoms with Crippen LogP contribution in [-0.2, 0) is 0 Å². The molecule has 1 heterocycles. The summed E-state index contributed by atoms with van der Waals surface area (Å²) in [6, 6.07) is 11.2. The number of nitro groups is 1. The van der Waals surface area contributed by atoms with E-state index in [1.165, 1.54) is 29.5 Å². The second-order valence-electron chi connectivity index (χ2n) is 6.15. The lowest BCUT2D eigenvalue weighted by molar-refractivity contribution is -0.384. The van der Waals surface area contributed by atoms with E-state index in [1.807, 2.05) is 31.1 Å². The van der Waals surface area contributed by atoms with Gasteiger partial charge in [-0.3, -0.25) is 19.8 Å². The Morgan fingerprint density at radius 2 is 1.96 bits per heavy atom. The van der Waals surface area contributed by atoms with Gasteiger partial charge in [-0.05, 0) is 32.3 Å². The Hall–Kier alpha value is -2.55. The van der Waals surface area contributed by atoms with E-state index in [0.29, 0.717) is 28.8 Å². The molecule has 0 unspecified atom stereocenters. The number of nitro benzene ring substituents is 1. The summed E-state index contributed by atoms with van der Waals surface area (Å²) >= 11 is 7.57. The van der Waals surface area contributed by atoms with E-state index in [0.717, 1.165) is 4.70 Å². The van der Waals surface area contributed by atoms with E-state index < -0.39 is 4.92 Å². The molecule has 140 valence electrons. The van der Waals surface area contributed by atoms with Crippen molar-refractivity contribution in [2.75, 3.05) is 32.1 Å². The van der Waals surface area contributed by atoms with Crippen LogP contribution in [0.3, 0.4) is 0 Å². The number of fused-ring (bicyclic) bond motifs is 1. The van der Waals surface area contributed by atoms with Crippen molar-refractivity contribution in [3.63, 3.8) is 0 Å². The SMILES string of the molecule is CN(C)CCN(C(=O)c1cccc([N+](=O)[O-])c1)c1nc2c(Cl)cccc2s1. The summed E-state index contributed by atoms with van der Waals surface area (Å²) in [6.45, 7) is 1.01. The zero-order chi connectivity index (χ0) is 19.6. The molecule has 0 N–H and O–H groups in total. The first-order valence-electron chi connectivity index (χ1n) is 8.13. The molecule has 0 saturated carbocycles. The van der Waals surface area contributed by atoms with Crippen LogP contribution in [0.1, 0.15) is 10.4 Å². The Labute approximate surface area is 164 Å². The summed E-state index contributed by atoms with van der Waals surface area (Å²) < 4.78 is 0.874. The van der Waals surface area contributed by atoms with Crippen LogP contribution in [0.2, 0.25) is 5.02 Å². The zero-order valence-electron chi connectivity index (χ0n) is 14.8. The Morgan fingerprint density at radius 1 is 1.22 bits per heavy atom. The monoisotopic (exact) mass is 404 g/mol. The predicted octanol–water partition coefficient (Wildman–Crippen LogP) is 4.07. The highest BCUT2D eigenvalue weighted by atomic mass is 35.5. The highest BCUT2D eigenvalue weighted by molar-refractivity contribution is 7.22. The van der Waals surface area contributed by atoms with Crippen molar-refractivity contribution in [1.82, 2.24) is 9.88 Å². The molecule has 2 aromatic carbocycles. The molecule has 1 amide bonds. The predicted molar refractivity (Wildman–Crippen MR) is 108 cm³/mol. The van der Waals surface area contributed by atoms with Crippen molar-refractivity contribution in [2.24, 2.45) is 0 Å². The fourth-order valence-corrected chi connectivity index (χ4v) is 3.80. The Kier molecular flexibility index (Phi) is 5.69. The third-order valence-corrected chi connectivity index (χ3v) is 5.26. The Balaban J connectivity index is 2.01. The van der Waals surface area contributed by atoms with Crippen molar-refractivity contribution in [1.29, 1.82) is 0 Å². The quantitative estimate of drug-likeness (QED) is 0.457. The highest BCUT2D eigenvalue weighted by Gasteiger charge is 2.23. The van der Waals surface area contributed by atoms with Crippen LogP contribution in [0.5, 0.6) is 0 Å². The van der Waals surface area contributed by atoms with Gasteiger partial charge in [-0.15, -0.1) is 0 Å². The Morgan fingerprint density at radius 3 is 2.63 bits per heavy atom. The van der Waals surface area contributed by atoms with Gasteiger partial charge in [0.05, 0.1) is 14.6 Å². The second-order valence-corrected chi connectivity index (χ2v) is 7.57. The number of benzene rings is 2. The zero-order valence-corrected chi connectivity index (χ0v) is 16.3. The van der Waals surface area contributed by atoms with E-state index in [9.17, 15) is 14.9 Å². The van der Waals surface area contributed by atoms with Crippen LogP contribution in [0.4, 0.5) is 10.8 Å². The highest BCUT2D eigenvalue weighted by Crippen LogP contribution is 2.33. The van der Waals surface area contributed by atoms with Crippen LogP contribution in [0.15, 0.2) is 42.5 Å². The van der Waals surface area contributed by atoms with Crippen LogP contribution >= 0.6 is 22.9 Å². The summed E-state index contributed by atoms with van der Waals surface area (Å²) in [5.41, 5.74) is 0.759. The van der Waals surface area contributed by atoms with Gasteiger partial charge >= 0.3 is 0 Å². The van der Waals surface area contributed by atoms with Gasteiger partial charge in [0.1, 0.15) is 5.52 Å². The number of non-ortho nitro benzene ring substituents is 1. The number of aromatic nitrogens is 1. The maximum atomic E-state index is 13.1. The minimum atomic E-state index is -0.515. The number of halogens is 1. The summed E-state index contributed by atoms with van der Waals surface area (Å²) in [6.07, 6.45) is 0. The lowest BCUT2D eigenvalue weighted by atomic mass is 10.2. The first kappa shape index (κ1) is 19.2. The van der Waals surface area contributed by atoms with Gasteiger partial charge in [0, 0.05) is 30.8 Å².